The first-order chi connectivity index (χ1) is 12.2. The molecule has 1 aromatic carbocycles. The average molecular weight is 419 g/mol. The van der Waals surface area contributed by atoms with Crippen LogP contribution in [0.5, 0.6) is 11.5 Å². The van der Waals surface area contributed by atoms with Crippen molar-refractivity contribution in [2.75, 3.05) is 0 Å². The topological polar surface area (TPSA) is 110 Å². The van der Waals surface area contributed by atoms with Crippen molar-refractivity contribution in [1.29, 1.82) is 0 Å². The van der Waals surface area contributed by atoms with Gasteiger partial charge in [-0.1, -0.05) is 0 Å². The predicted molar refractivity (Wildman–Crippen MR) is 99.3 cm³/mol. The van der Waals surface area contributed by atoms with Crippen LogP contribution in [0.3, 0.4) is 0 Å². The summed E-state index contributed by atoms with van der Waals surface area (Å²) in [4.78, 5) is 14.7. The molecule has 0 unspecified atom stereocenters. The molecule has 0 fully saturated rings. The van der Waals surface area contributed by atoms with Crippen molar-refractivity contribution in [2.24, 2.45) is 0 Å². The Balaban J connectivity index is 2.13. The van der Waals surface area contributed by atoms with Crippen LogP contribution in [0.2, 0.25) is 0 Å². The summed E-state index contributed by atoms with van der Waals surface area (Å²) in [7, 11) is 0. The van der Waals surface area contributed by atoms with Crippen LogP contribution in [0.15, 0.2) is 33.5 Å². The van der Waals surface area contributed by atoms with Gasteiger partial charge in [-0.2, -0.15) is 0 Å². The number of pyridine rings is 1. The fourth-order valence-electron chi connectivity index (χ4n) is 2.72. The lowest BCUT2D eigenvalue weighted by Gasteiger charge is -2.10. The third-order valence-electron chi connectivity index (χ3n) is 4.40. The van der Waals surface area contributed by atoms with E-state index in [9.17, 15) is 20.3 Å². The molecule has 3 rings (SSSR count). The molecule has 0 saturated heterocycles. The molecule has 8 heteroatoms. The molecule has 0 aliphatic rings. The zero-order valence-corrected chi connectivity index (χ0v) is 15.8. The van der Waals surface area contributed by atoms with Gasteiger partial charge in [0.15, 0.2) is 5.75 Å². The Morgan fingerprint density at radius 3 is 2.46 bits per heavy atom. The zero-order chi connectivity index (χ0) is 19.2. The molecule has 2 aromatic heterocycles. The van der Waals surface area contributed by atoms with Gasteiger partial charge in [-0.15, -0.1) is 0 Å². The number of aryl methyl sites for hydroxylation is 1. The molecule has 0 atom stereocenters. The van der Waals surface area contributed by atoms with E-state index >= 15 is 0 Å². The molecule has 0 saturated carbocycles. The first-order valence-electron chi connectivity index (χ1n) is 7.63. The van der Waals surface area contributed by atoms with Crippen LogP contribution >= 0.6 is 15.9 Å². The highest BCUT2D eigenvalue weighted by Gasteiger charge is 2.21. The molecule has 7 nitrogen and oxygen atoms in total. The second kappa shape index (κ2) is 6.45. The normalized spacial score (nSPS) is 10.9. The fourth-order valence-corrected chi connectivity index (χ4v) is 3.47. The van der Waals surface area contributed by atoms with Gasteiger partial charge in [0.25, 0.3) is 0 Å². The Hall–Kier alpha value is -2.87. The highest BCUT2D eigenvalue weighted by atomic mass is 79.9. The van der Waals surface area contributed by atoms with Crippen molar-refractivity contribution < 1.29 is 19.6 Å². The summed E-state index contributed by atoms with van der Waals surface area (Å²) in [6, 6.07) is 4.14. The molecule has 0 amide bonds. The van der Waals surface area contributed by atoms with Gasteiger partial charge >= 0.3 is 5.69 Å². The van der Waals surface area contributed by atoms with Crippen LogP contribution in [0.1, 0.15) is 16.8 Å². The maximum absolute atomic E-state index is 11.0. The molecule has 2 N–H and O–H groups in total. The summed E-state index contributed by atoms with van der Waals surface area (Å²) in [6.45, 7) is 5.85. The van der Waals surface area contributed by atoms with Crippen LogP contribution in [0, 0.1) is 30.9 Å². The quantitative estimate of drug-likeness (QED) is 0.267. The van der Waals surface area contributed by atoms with Crippen LogP contribution in [0.4, 0.5) is 5.69 Å². The molecule has 0 spiro atoms. The molecule has 2 heterocycles. The second-order valence-corrected chi connectivity index (χ2v) is 6.68. The number of nitrogens with zero attached hydrogens (tertiary/aromatic N) is 2. The zero-order valence-electron chi connectivity index (χ0n) is 14.2. The number of benzene rings is 1. The average Bonchev–Trinajstić information content (AvgIpc) is 3.04. The molecule has 0 aliphatic carbocycles. The number of furan rings is 1. The molecule has 0 radical (unpaired) electrons. The van der Waals surface area contributed by atoms with E-state index in [4.69, 9.17) is 4.42 Å². The van der Waals surface area contributed by atoms with Crippen molar-refractivity contribution in [1.82, 2.24) is 4.98 Å². The molecule has 3 aromatic rings. The largest absolute Gasteiger partial charge is 0.504 e. The number of halogens is 1. The van der Waals surface area contributed by atoms with Gasteiger partial charge in [0, 0.05) is 17.3 Å². The lowest BCUT2D eigenvalue weighted by atomic mass is 10.0. The number of aromatic hydroxyl groups is 2. The first kappa shape index (κ1) is 17.9. The minimum atomic E-state index is -0.764. The lowest BCUT2D eigenvalue weighted by Crippen LogP contribution is -1.96. The minimum Gasteiger partial charge on any atom is -0.504 e. The van der Waals surface area contributed by atoms with Crippen LogP contribution in [-0.2, 0) is 0 Å². The maximum atomic E-state index is 11.0. The summed E-state index contributed by atoms with van der Waals surface area (Å²) in [6.07, 6.45) is 1.44. The maximum Gasteiger partial charge on any atom is 0.315 e. The molecule has 26 heavy (non-hydrogen) atoms. The highest BCUT2D eigenvalue weighted by molar-refractivity contribution is 9.10. The van der Waals surface area contributed by atoms with Gasteiger partial charge in [0.1, 0.15) is 10.4 Å². The predicted octanol–water partition coefficient (Wildman–Crippen LogP) is 5.02. The standard InChI is InChI=1S/C18H15BrN2O5/c1-8-9(2)16(18(19)20-10(8)3)15-6-12(7-26-15)11-4-13(21(24)25)17(23)14(22)5-11/h4-7,22-23H,1-3H3. The summed E-state index contributed by atoms with van der Waals surface area (Å²) >= 11 is 3.45. The van der Waals surface area contributed by atoms with Crippen LogP contribution in [-0.4, -0.2) is 20.1 Å². The lowest BCUT2D eigenvalue weighted by molar-refractivity contribution is -0.385. The minimum absolute atomic E-state index is 0.354. The van der Waals surface area contributed by atoms with Gasteiger partial charge in [-0.3, -0.25) is 10.1 Å². The summed E-state index contributed by atoms with van der Waals surface area (Å²) in [5, 5.41) is 30.4. The Morgan fingerprint density at radius 1 is 1.12 bits per heavy atom. The van der Waals surface area contributed by atoms with Crippen molar-refractivity contribution >= 4 is 21.6 Å². The van der Waals surface area contributed by atoms with E-state index < -0.39 is 22.1 Å². The number of phenols is 2. The third-order valence-corrected chi connectivity index (χ3v) is 4.97. The Labute approximate surface area is 157 Å². The molecule has 134 valence electrons. The third kappa shape index (κ3) is 2.92. The van der Waals surface area contributed by atoms with Gasteiger partial charge in [-0.25, -0.2) is 4.98 Å². The SMILES string of the molecule is Cc1nc(Br)c(-c2cc(-c3cc(O)c(O)c([N+](=O)[O-])c3)co2)c(C)c1C. The Morgan fingerprint density at radius 2 is 1.81 bits per heavy atom. The van der Waals surface area contributed by atoms with E-state index in [1.807, 2.05) is 20.8 Å². The van der Waals surface area contributed by atoms with E-state index in [-0.39, 0.29) is 0 Å². The number of hydrogen-bond acceptors (Lipinski definition) is 6. The fraction of sp³-hybridized carbons (Fsp3) is 0.167. The van der Waals surface area contributed by atoms with Crippen molar-refractivity contribution in [3.8, 4) is 33.9 Å². The summed E-state index contributed by atoms with van der Waals surface area (Å²) in [5.41, 5.74) is 4.05. The van der Waals surface area contributed by atoms with E-state index in [1.165, 1.54) is 18.4 Å². The number of nitro groups is 1. The first-order valence-corrected chi connectivity index (χ1v) is 8.43. The monoisotopic (exact) mass is 418 g/mol. The van der Waals surface area contributed by atoms with E-state index in [0.29, 0.717) is 21.5 Å². The van der Waals surface area contributed by atoms with Crippen molar-refractivity contribution in [3.05, 3.63) is 56.0 Å². The summed E-state index contributed by atoms with van der Waals surface area (Å²) in [5.74, 6) is -0.795. The molecular formula is C18H15BrN2O5. The van der Waals surface area contributed by atoms with Gasteiger partial charge in [0.2, 0.25) is 5.75 Å². The summed E-state index contributed by atoms with van der Waals surface area (Å²) < 4.78 is 6.29. The smallest absolute Gasteiger partial charge is 0.315 e. The number of rotatable bonds is 3. The van der Waals surface area contributed by atoms with E-state index in [2.05, 4.69) is 20.9 Å². The highest BCUT2D eigenvalue weighted by Crippen LogP contribution is 2.41. The molecule has 0 bridgehead atoms. The van der Waals surface area contributed by atoms with Gasteiger partial charge in [0.05, 0.1) is 16.7 Å². The molecule has 0 aliphatic heterocycles. The van der Waals surface area contributed by atoms with Gasteiger partial charge < -0.3 is 14.6 Å². The number of phenolic OH excluding ortho intramolecular Hbond substituents is 2. The number of hydrogen-bond donors (Lipinski definition) is 2. The second-order valence-electron chi connectivity index (χ2n) is 5.93. The van der Waals surface area contributed by atoms with E-state index in [1.54, 1.807) is 6.07 Å². The molecular weight excluding hydrogens is 404 g/mol. The number of aromatic nitrogens is 1. The van der Waals surface area contributed by atoms with Crippen molar-refractivity contribution in [3.63, 3.8) is 0 Å². The number of nitro benzene ring substituents is 1. The van der Waals surface area contributed by atoms with Crippen LogP contribution in [0.25, 0.3) is 22.5 Å². The van der Waals surface area contributed by atoms with Gasteiger partial charge in [-0.05, 0) is 65.5 Å². The Kier molecular flexibility index (Phi) is 4.45. The Bertz CT molecular complexity index is 1040. The van der Waals surface area contributed by atoms with E-state index in [0.717, 1.165) is 22.4 Å². The van der Waals surface area contributed by atoms with Crippen LogP contribution < -0.4 is 0 Å². The van der Waals surface area contributed by atoms with Crippen molar-refractivity contribution in [2.45, 2.75) is 20.8 Å².